The van der Waals surface area contributed by atoms with E-state index in [2.05, 4.69) is 79.0 Å². The second-order valence-corrected chi connectivity index (χ2v) is 9.30. The Labute approximate surface area is 190 Å². The molecule has 0 aliphatic heterocycles. The van der Waals surface area contributed by atoms with Crippen molar-refractivity contribution in [3.8, 4) is 16.9 Å². The van der Waals surface area contributed by atoms with Crippen LogP contribution >= 0.6 is 0 Å². The molecule has 164 valence electrons. The van der Waals surface area contributed by atoms with Gasteiger partial charge in [-0.25, -0.2) is 0 Å². The predicted octanol–water partition coefficient (Wildman–Crippen LogP) is 5.84. The maximum absolute atomic E-state index is 10.8. The number of aldehydes is 1. The monoisotopic (exact) mass is 425 g/mol. The lowest BCUT2D eigenvalue weighted by atomic mass is 9.81. The molecule has 0 heterocycles. The van der Waals surface area contributed by atoms with Crippen molar-refractivity contribution in [2.45, 2.75) is 51.1 Å². The largest absolute Gasteiger partial charge is 0.493 e. The fraction of sp³-hybridized carbons (Fsp3) is 0.345. The molecule has 3 aromatic rings. The van der Waals surface area contributed by atoms with Crippen LogP contribution in [0.15, 0.2) is 66.7 Å². The summed E-state index contributed by atoms with van der Waals surface area (Å²) in [5.74, 6) is 1.23. The number of carbonyl (C=O) groups is 1. The molecule has 1 N–H and O–H groups in total. The average Bonchev–Trinajstić information content (AvgIpc) is 3.18. The lowest BCUT2D eigenvalue weighted by Crippen LogP contribution is -2.43. The first kappa shape index (κ1) is 21.0. The number of ether oxygens (including phenoxy) is 1. The Hall–Kier alpha value is -2.91. The Morgan fingerprint density at radius 2 is 1.88 bits per heavy atom. The lowest BCUT2D eigenvalue weighted by Gasteiger charge is -2.35. The van der Waals surface area contributed by atoms with Crippen LogP contribution < -0.4 is 10.1 Å². The molecule has 2 aliphatic carbocycles. The Morgan fingerprint density at radius 3 is 2.66 bits per heavy atom. The van der Waals surface area contributed by atoms with Gasteiger partial charge in [-0.15, -0.1) is 0 Å². The van der Waals surface area contributed by atoms with Crippen LogP contribution in [0.2, 0.25) is 0 Å². The van der Waals surface area contributed by atoms with Crippen LogP contribution in [0.3, 0.4) is 0 Å². The second-order valence-electron chi connectivity index (χ2n) is 9.30. The van der Waals surface area contributed by atoms with Gasteiger partial charge in [-0.2, -0.15) is 0 Å². The molecule has 5 rings (SSSR count). The highest BCUT2D eigenvalue weighted by Gasteiger charge is 2.32. The number of aryl methyl sites for hydroxylation is 2. The molecule has 3 aromatic carbocycles. The molecule has 0 bridgehead atoms. The molecule has 2 aliphatic rings. The number of rotatable bonds is 8. The average molecular weight is 426 g/mol. The molecular weight excluding hydrogens is 394 g/mol. The van der Waals surface area contributed by atoms with E-state index >= 15 is 0 Å². The van der Waals surface area contributed by atoms with Crippen LogP contribution in [0.4, 0.5) is 0 Å². The van der Waals surface area contributed by atoms with Gasteiger partial charge < -0.3 is 14.8 Å². The molecule has 3 heteroatoms. The molecule has 1 fully saturated rings. The highest BCUT2D eigenvalue weighted by molar-refractivity contribution is 5.67. The molecule has 0 saturated heterocycles. The number of hydrogen-bond donors (Lipinski definition) is 1. The van der Waals surface area contributed by atoms with Crippen molar-refractivity contribution in [1.29, 1.82) is 0 Å². The zero-order valence-corrected chi connectivity index (χ0v) is 18.7. The van der Waals surface area contributed by atoms with Crippen LogP contribution in [0.1, 0.15) is 47.6 Å². The zero-order chi connectivity index (χ0) is 21.9. The van der Waals surface area contributed by atoms with E-state index in [4.69, 9.17) is 4.74 Å². The van der Waals surface area contributed by atoms with Crippen LogP contribution in [-0.4, -0.2) is 18.9 Å². The van der Waals surface area contributed by atoms with Crippen LogP contribution in [0.5, 0.6) is 5.75 Å². The first-order valence-corrected chi connectivity index (χ1v) is 11.8. The molecular formula is C29H31NO2. The van der Waals surface area contributed by atoms with Gasteiger partial charge in [0.25, 0.3) is 0 Å². The molecule has 0 aromatic heterocycles. The fourth-order valence-corrected chi connectivity index (χ4v) is 5.16. The lowest BCUT2D eigenvalue weighted by molar-refractivity contribution is -0.113. The summed E-state index contributed by atoms with van der Waals surface area (Å²) in [6, 6.07) is 24.7. The topological polar surface area (TPSA) is 38.3 Å². The highest BCUT2D eigenvalue weighted by atomic mass is 16.5. The Balaban J connectivity index is 1.15. The van der Waals surface area contributed by atoms with E-state index in [0.29, 0.717) is 18.7 Å². The maximum atomic E-state index is 10.8. The van der Waals surface area contributed by atoms with Crippen molar-refractivity contribution in [3.05, 3.63) is 89.0 Å². The summed E-state index contributed by atoms with van der Waals surface area (Å²) in [6.07, 6.45) is 6.20. The summed E-state index contributed by atoms with van der Waals surface area (Å²) in [6.45, 7) is 2.86. The van der Waals surface area contributed by atoms with Gasteiger partial charge in [-0.3, -0.25) is 0 Å². The van der Waals surface area contributed by atoms with E-state index in [1.165, 1.54) is 33.4 Å². The third-order valence-electron chi connectivity index (χ3n) is 7.03. The van der Waals surface area contributed by atoms with Crippen molar-refractivity contribution in [2.24, 2.45) is 5.92 Å². The minimum atomic E-state index is 0.266. The van der Waals surface area contributed by atoms with Crippen molar-refractivity contribution in [2.75, 3.05) is 6.61 Å². The van der Waals surface area contributed by atoms with E-state index in [1.807, 2.05) is 0 Å². The third-order valence-corrected chi connectivity index (χ3v) is 7.03. The summed E-state index contributed by atoms with van der Waals surface area (Å²) in [5, 5.41) is 3.74. The summed E-state index contributed by atoms with van der Waals surface area (Å²) >= 11 is 0. The molecule has 0 spiro atoms. The van der Waals surface area contributed by atoms with Crippen LogP contribution in [0, 0.1) is 12.8 Å². The molecule has 0 amide bonds. The standard InChI is InChI=1S/C29H31NO2/c1-20-15-21(7-10-27(20)23-5-3-2-4-6-23)13-14-32-26-9-11-28-24(18-26)8-12-29(28)30-25-16-22(17-25)19-31/h2-7,9-11,15,18-19,22,25,29-30H,8,12-14,16-17H2,1H3. The number of carbonyl (C=O) groups excluding carboxylic acids is 1. The summed E-state index contributed by atoms with van der Waals surface area (Å²) in [4.78, 5) is 10.8. The molecule has 32 heavy (non-hydrogen) atoms. The molecule has 1 unspecified atom stereocenters. The second kappa shape index (κ2) is 9.30. The van der Waals surface area contributed by atoms with E-state index in [-0.39, 0.29) is 5.92 Å². The van der Waals surface area contributed by atoms with Crippen molar-refractivity contribution in [1.82, 2.24) is 5.32 Å². The molecule has 0 radical (unpaired) electrons. The number of benzene rings is 3. The first-order chi connectivity index (χ1) is 15.7. The van der Waals surface area contributed by atoms with Gasteiger partial charge in [0.15, 0.2) is 0 Å². The zero-order valence-electron chi connectivity index (χ0n) is 18.7. The van der Waals surface area contributed by atoms with Crippen LogP contribution in [-0.2, 0) is 17.6 Å². The smallest absolute Gasteiger partial charge is 0.123 e. The summed E-state index contributed by atoms with van der Waals surface area (Å²) < 4.78 is 6.11. The Kier molecular flexibility index (Phi) is 6.09. The summed E-state index contributed by atoms with van der Waals surface area (Å²) in [5.41, 5.74) is 7.96. The normalized spacial score (nSPS) is 21.6. The number of fused-ring (bicyclic) bond motifs is 1. The quantitative estimate of drug-likeness (QED) is 0.461. The first-order valence-electron chi connectivity index (χ1n) is 11.8. The Morgan fingerprint density at radius 1 is 1.03 bits per heavy atom. The van der Waals surface area contributed by atoms with E-state index in [0.717, 1.165) is 44.1 Å². The van der Waals surface area contributed by atoms with Gasteiger partial charge in [0.2, 0.25) is 0 Å². The van der Waals surface area contributed by atoms with Gasteiger partial charge in [-0.05, 0) is 78.1 Å². The van der Waals surface area contributed by atoms with Crippen LogP contribution in [0.25, 0.3) is 11.1 Å². The molecule has 3 nitrogen and oxygen atoms in total. The van der Waals surface area contributed by atoms with Gasteiger partial charge in [0.1, 0.15) is 12.0 Å². The van der Waals surface area contributed by atoms with E-state index < -0.39 is 0 Å². The van der Waals surface area contributed by atoms with Crippen molar-refractivity contribution >= 4 is 6.29 Å². The fourth-order valence-electron chi connectivity index (χ4n) is 5.16. The Bertz CT molecular complexity index is 1090. The van der Waals surface area contributed by atoms with E-state index in [1.54, 1.807) is 0 Å². The maximum Gasteiger partial charge on any atom is 0.123 e. The number of nitrogens with one attached hydrogen (secondary N) is 1. The van der Waals surface area contributed by atoms with Gasteiger partial charge in [0.05, 0.1) is 6.61 Å². The third kappa shape index (κ3) is 4.49. The minimum Gasteiger partial charge on any atom is -0.493 e. The van der Waals surface area contributed by atoms with Crippen molar-refractivity contribution < 1.29 is 9.53 Å². The molecule has 1 saturated carbocycles. The van der Waals surface area contributed by atoms with Gasteiger partial charge >= 0.3 is 0 Å². The molecule has 1 atom stereocenters. The summed E-state index contributed by atoms with van der Waals surface area (Å²) in [7, 11) is 0. The van der Waals surface area contributed by atoms with Gasteiger partial charge in [-0.1, -0.05) is 54.6 Å². The predicted molar refractivity (Wildman–Crippen MR) is 129 cm³/mol. The van der Waals surface area contributed by atoms with Crippen molar-refractivity contribution in [3.63, 3.8) is 0 Å². The SMILES string of the molecule is Cc1cc(CCOc2ccc3c(c2)CCC3NC2CC(C=O)C2)ccc1-c1ccccc1. The van der Waals surface area contributed by atoms with E-state index in [9.17, 15) is 4.79 Å². The number of hydrogen-bond acceptors (Lipinski definition) is 3. The minimum absolute atomic E-state index is 0.266. The van der Waals surface area contributed by atoms with Gasteiger partial charge in [0, 0.05) is 24.4 Å². The highest BCUT2D eigenvalue weighted by Crippen LogP contribution is 2.36.